The molecule has 0 aromatic heterocycles. The predicted octanol–water partition coefficient (Wildman–Crippen LogP) is 2.50. The molecule has 2 nitrogen and oxygen atoms in total. The lowest BCUT2D eigenvalue weighted by Crippen LogP contribution is -2.37. The van der Waals surface area contributed by atoms with Crippen LogP contribution in [0.3, 0.4) is 0 Å². The Labute approximate surface area is 85.6 Å². The van der Waals surface area contributed by atoms with Gasteiger partial charge in [-0.2, -0.15) is 0 Å². The molecule has 0 aliphatic heterocycles. The van der Waals surface area contributed by atoms with E-state index in [1.807, 2.05) is 12.2 Å². The maximum absolute atomic E-state index is 12.0. The van der Waals surface area contributed by atoms with Gasteiger partial charge < -0.3 is 4.74 Å². The second-order valence-corrected chi connectivity index (χ2v) is 4.88. The van der Waals surface area contributed by atoms with E-state index in [2.05, 4.69) is 20.8 Å². The first-order valence-corrected chi connectivity index (χ1v) is 4.85. The number of ketones is 1. The van der Waals surface area contributed by atoms with Gasteiger partial charge in [0.15, 0.2) is 11.4 Å². The van der Waals surface area contributed by atoms with Crippen molar-refractivity contribution >= 4 is 5.78 Å². The third kappa shape index (κ3) is 2.32. The topological polar surface area (TPSA) is 26.3 Å². The van der Waals surface area contributed by atoms with Crippen LogP contribution in [-0.4, -0.2) is 18.5 Å². The zero-order valence-electron chi connectivity index (χ0n) is 9.33. The van der Waals surface area contributed by atoms with E-state index in [1.165, 1.54) is 0 Å². The average Bonchev–Trinajstić information content (AvgIpc) is 2.49. The second-order valence-electron chi connectivity index (χ2n) is 4.88. The van der Waals surface area contributed by atoms with E-state index in [9.17, 15) is 4.79 Å². The Morgan fingerprint density at radius 1 is 1.29 bits per heavy atom. The van der Waals surface area contributed by atoms with Gasteiger partial charge >= 0.3 is 0 Å². The van der Waals surface area contributed by atoms with Crippen LogP contribution in [0.4, 0.5) is 0 Å². The number of allylic oxidation sites excluding steroid dienone is 2. The van der Waals surface area contributed by atoms with Crippen LogP contribution in [0.15, 0.2) is 24.3 Å². The van der Waals surface area contributed by atoms with E-state index < -0.39 is 5.60 Å². The highest BCUT2D eigenvalue weighted by molar-refractivity contribution is 5.93. The summed E-state index contributed by atoms with van der Waals surface area (Å²) in [6.07, 6.45) is 7.84. The van der Waals surface area contributed by atoms with Crippen molar-refractivity contribution in [2.45, 2.75) is 32.8 Å². The number of hydrogen-bond acceptors (Lipinski definition) is 2. The molecule has 0 atom stereocenters. The summed E-state index contributed by atoms with van der Waals surface area (Å²) in [5.74, 6) is 0.123. The molecule has 1 rings (SSSR count). The lowest BCUT2D eigenvalue weighted by Gasteiger charge is -2.26. The van der Waals surface area contributed by atoms with Gasteiger partial charge in [-0.1, -0.05) is 32.9 Å². The fourth-order valence-electron chi connectivity index (χ4n) is 1.51. The average molecular weight is 194 g/mol. The summed E-state index contributed by atoms with van der Waals surface area (Å²) in [7, 11) is 1.57. The number of methoxy groups -OCH3 is 1. The molecule has 0 N–H and O–H groups in total. The van der Waals surface area contributed by atoms with E-state index in [-0.39, 0.29) is 11.2 Å². The molecule has 0 amide bonds. The molecule has 0 saturated carbocycles. The number of carbonyl (C=O) groups excluding carboxylic acids is 1. The molecule has 0 spiro atoms. The number of rotatable bonds is 3. The quantitative estimate of drug-likeness (QED) is 0.690. The van der Waals surface area contributed by atoms with E-state index in [1.54, 1.807) is 19.3 Å². The molecular weight excluding hydrogens is 176 g/mol. The molecule has 78 valence electrons. The Hall–Kier alpha value is -0.890. The molecule has 0 radical (unpaired) electrons. The van der Waals surface area contributed by atoms with Gasteiger partial charge in [0, 0.05) is 13.5 Å². The first-order chi connectivity index (χ1) is 6.40. The van der Waals surface area contributed by atoms with Crippen LogP contribution >= 0.6 is 0 Å². The predicted molar refractivity (Wildman–Crippen MR) is 57.1 cm³/mol. The van der Waals surface area contributed by atoms with Gasteiger partial charge in [0.2, 0.25) is 0 Å². The highest BCUT2D eigenvalue weighted by atomic mass is 16.5. The minimum Gasteiger partial charge on any atom is -0.362 e. The summed E-state index contributed by atoms with van der Waals surface area (Å²) in [5.41, 5.74) is -0.792. The normalized spacial score (nSPS) is 18.9. The van der Waals surface area contributed by atoms with Gasteiger partial charge in [-0.05, 0) is 17.6 Å². The van der Waals surface area contributed by atoms with Crippen LogP contribution in [0.2, 0.25) is 0 Å². The van der Waals surface area contributed by atoms with Crippen molar-refractivity contribution in [3.63, 3.8) is 0 Å². The van der Waals surface area contributed by atoms with E-state index in [4.69, 9.17) is 4.74 Å². The minimum absolute atomic E-state index is 0.00683. The molecule has 1 aliphatic rings. The number of Topliss-reactive ketones (excluding diaryl/α,β-unsaturated/α-hetero) is 1. The van der Waals surface area contributed by atoms with Crippen molar-refractivity contribution in [2.75, 3.05) is 7.11 Å². The van der Waals surface area contributed by atoms with Crippen LogP contribution in [0.1, 0.15) is 27.2 Å². The van der Waals surface area contributed by atoms with Crippen LogP contribution in [0.5, 0.6) is 0 Å². The lowest BCUT2D eigenvalue weighted by molar-refractivity contribution is -0.133. The van der Waals surface area contributed by atoms with Gasteiger partial charge in [0.25, 0.3) is 0 Å². The summed E-state index contributed by atoms with van der Waals surface area (Å²) < 4.78 is 5.28. The van der Waals surface area contributed by atoms with Crippen LogP contribution in [0, 0.1) is 5.41 Å². The first kappa shape index (κ1) is 11.2. The molecule has 0 heterocycles. The lowest BCUT2D eigenvalue weighted by atomic mass is 9.84. The number of carbonyl (C=O) groups is 1. The highest BCUT2D eigenvalue weighted by Crippen LogP contribution is 2.28. The van der Waals surface area contributed by atoms with Gasteiger partial charge in [0.1, 0.15) is 0 Å². The zero-order chi connectivity index (χ0) is 10.8. The summed E-state index contributed by atoms with van der Waals surface area (Å²) in [4.78, 5) is 12.0. The Bertz CT molecular complexity index is 267. The van der Waals surface area contributed by atoms with Crippen molar-refractivity contribution in [3.8, 4) is 0 Å². The summed E-state index contributed by atoms with van der Waals surface area (Å²) in [6.45, 7) is 6.16. The van der Waals surface area contributed by atoms with Gasteiger partial charge in [0.05, 0.1) is 0 Å². The Morgan fingerprint density at radius 2 is 1.79 bits per heavy atom. The summed E-state index contributed by atoms with van der Waals surface area (Å²) in [5, 5.41) is 0. The van der Waals surface area contributed by atoms with Crippen molar-refractivity contribution in [3.05, 3.63) is 24.3 Å². The first-order valence-electron chi connectivity index (χ1n) is 4.85. The second kappa shape index (κ2) is 3.70. The number of hydrogen-bond donors (Lipinski definition) is 0. The Kier molecular flexibility index (Phi) is 2.95. The fraction of sp³-hybridized carbons (Fsp3) is 0.583. The van der Waals surface area contributed by atoms with Gasteiger partial charge in [-0.15, -0.1) is 0 Å². The maximum Gasteiger partial charge on any atom is 0.173 e. The number of ether oxygens (including phenoxy) is 1. The molecule has 1 aliphatic carbocycles. The monoisotopic (exact) mass is 194 g/mol. The molecule has 14 heavy (non-hydrogen) atoms. The molecule has 0 aromatic rings. The third-order valence-electron chi connectivity index (χ3n) is 2.26. The Morgan fingerprint density at radius 3 is 2.14 bits per heavy atom. The Balaban J connectivity index is 2.77. The fourth-order valence-corrected chi connectivity index (χ4v) is 1.51. The van der Waals surface area contributed by atoms with Crippen LogP contribution in [-0.2, 0) is 9.53 Å². The van der Waals surface area contributed by atoms with E-state index in [0.29, 0.717) is 6.42 Å². The molecule has 0 aromatic carbocycles. The van der Waals surface area contributed by atoms with Crippen molar-refractivity contribution in [2.24, 2.45) is 5.41 Å². The van der Waals surface area contributed by atoms with Crippen LogP contribution < -0.4 is 0 Å². The van der Waals surface area contributed by atoms with E-state index in [0.717, 1.165) is 0 Å². The van der Waals surface area contributed by atoms with E-state index >= 15 is 0 Å². The summed E-state index contributed by atoms with van der Waals surface area (Å²) in [6, 6.07) is 0. The smallest absolute Gasteiger partial charge is 0.173 e. The molecular formula is C12H18O2. The highest BCUT2D eigenvalue weighted by Gasteiger charge is 2.36. The standard InChI is InChI=1S/C12H18O2/c1-11(2,3)9-10(13)12(14-4)7-5-6-8-12/h5-8H,9H2,1-4H3. The molecule has 2 heteroatoms. The SMILES string of the molecule is COC1(C(=O)CC(C)(C)C)C=CC=C1. The zero-order valence-corrected chi connectivity index (χ0v) is 9.33. The van der Waals surface area contributed by atoms with Gasteiger partial charge in [-0.3, -0.25) is 4.79 Å². The summed E-state index contributed by atoms with van der Waals surface area (Å²) >= 11 is 0. The molecule has 0 unspecified atom stereocenters. The third-order valence-corrected chi connectivity index (χ3v) is 2.26. The van der Waals surface area contributed by atoms with Crippen molar-refractivity contribution in [1.82, 2.24) is 0 Å². The molecule has 0 fully saturated rings. The van der Waals surface area contributed by atoms with Gasteiger partial charge in [-0.25, -0.2) is 0 Å². The van der Waals surface area contributed by atoms with Crippen molar-refractivity contribution in [1.29, 1.82) is 0 Å². The largest absolute Gasteiger partial charge is 0.362 e. The maximum atomic E-state index is 12.0. The van der Waals surface area contributed by atoms with Crippen LogP contribution in [0.25, 0.3) is 0 Å². The van der Waals surface area contributed by atoms with Crippen molar-refractivity contribution < 1.29 is 9.53 Å². The minimum atomic E-state index is -0.798. The molecule has 0 bridgehead atoms. The molecule has 0 saturated heterocycles.